The molecule has 0 saturated heterocycles. The van der Waals surface area contributed by atoms with Crippen LogP contribution in [0.15, 0.2) is 5.10 Å². The lowest BCUT2D eigenvalue weighted by molar-refractivity contribution is -0.105. The molecule has 0 spiro atoms. The largest absolute Gasteiger partial charge is 0.312 e. The van der Waals surface area contributed by atoms with Crippen molar-refractivity contribution in [2.45, 2.75) is 6.92 Å². The van der Waals surface area contributed by atoms with E-state index in [-0.39, 0.29) is 0 Å². The van der Waals surface area contributed by atoms with Gasteiger partial charge in [-0.25, -0.2) is 0 Å². The summed E-state index contributed by atoms with van der Waals surface area (Å²) in [4.78, 5) is 9.82. The summed E-state index contributed by atoms with van der Waals surface area (Å²) >= 11 is 1.42. The number of nitrogens with zero attached hydrogens (tertiary/aromatic N) is 1. The molecule has 0 atom stereocenters. The minimum absolute atomic E-state index is 0.483. The number of rotatable bonds is 3. The van der Waals surface area contributed by atoms with Gasteiger partial charge in [0.2, 0.25) is 0 Å². The quantitative estimate of drug-likeness (QED) is 0.272. The summed E-state index contributed by atoms with van der Waals surface area (Å²) in [6.45, 7) is 1.85. The van der Waals surface area contributed by atoms with Gasteiger partial charge in [-0.15, -0.1) is 11.8 Å². The number of thioether (sulfide) groups is 1. The van der Waals surface area contributed by atoms with E-state index in [1.54, 1.807) is 7.05 Å². The van der Waals surface area contributed by atoms with Crippen LogP contribution in [0.3, 0.4) is 0 Å². The van der Waals surface area contributed by atoms with Crippen LogP contribution >= 0.6 is 11.8 Å². The monoisotopic (exact) mass is 146 g/mol. The Morgan fingerprint density at radius 3 is 3.00 bits per heavy atom. The van der Waals surface area contributed by atoms with Gasteiger partial charge in [0.05, 0.1) is 10.8 Å². The Balaban J connectivity index is 3.36. The summed E-state index contributed by atoms with van der Waals surface area (Å²) in [6.07, 6.45) is 0.860. The summed E-state index contributed by atoms with van der Waals surface area (Å²) in [5, 5.41) is 4.71. The maximum Gasteiger partial charge on any atom is 0.130 e. The van der Waals surface area contributed by atoms with E-state index >= 15 is 0 Å². The molecule has 1 N–H and O–H groups in total. The van der Waals surface area contributed by atoms with Gasteiger partial charge in [0.15, 0.2) is 0 Å². The molecule has 0 aliphatic carbocycles. The molecule has 9 heavy (non-hydrogen) atoms. The van der Waals surface area contributed by atoms with Crippen LogP contribution in [0.4, 0.5) is 0 Å². The highest BCUT2D eigenvalue weighted by molar-refractivity contribution is 8.14. The van der Waals surface area contributed by atoms with Gasteiger partial charge in [-0.2, -0.15) is 5.10 Å². The average Bonchev–Trinajstić information content (AvgIpc) is 1.85. The zero-order valence-electron chi connectivity index (χ0n) is 5.55. The molecule has 4 heteroatoms. The van der Waals surface area contributed by atoms with Gasteiger partial charge in [0, 0.05) is 7.05 Å². The van der Waals surface area contributed by atoms with E-state index in [0.29, 0.717) is 5.75 Å². The Hall–Kier alpha value is -0.510. The molecule has 0 radical (unpaired) electrons. The van der Waals surface area contributed by atoms with Crippen molar-refractivity contribution in [2.24, 2.45) is 5.10 Å². The predicted octanol–water partition coefficient (Wildman–Crippen LogP) is 0.471. The highest BCUT2D eigenvalue weighted by Crippen LogP contribution is 1.99. The fourth-order valence-electron chi connectivity index (χ4n) is 0.344. The topological polar surface area (TPSA) is 41.5 Å². The van der Waals surface area contributed by atoms with Crippen molar-refractivity contribution in [3.63, 3.8) is 0 Å². The molecular weight excluding hydrogens is 136 g/mol. The minimum atomic E-state index is 0.483. The Labute approximate surface area is 58.9 Å². The summed E-state index contributed by atoms with van der Waals surface area (Å²) in [7, 11) is 1.73. The van der Waals surface area contributed by atoms with Crippen LogP contribution in [0.1, 0.15) is 6.92 Å². The van der Waals surface area contributed by atoms with Crippen molar-refractivity contribution in [2.75, 3.05) is 12.8 Å². The molecule has 0 aromatic carbocycles. The van der Waals surface area contributed by atoms with Crippen molar-refractivity contribution < 1.29 is 4.79 Å². The van der Waals surface area contributed by atoms with Gasteiger partial charge in [-0.05, 0) is 6.92 Å². The number of carbonyl (C=O) groups is 1. The second-order valence-corrected chi connectivity index (χ2v) is 2.54. The van der Waals surface area contributed by atoms with Crippen LogP contribution in [0.5, 0.6) is 0 Å². The zero-order chi connectivity index (χ0) is 7.11. The summed E-state index contributed by atoms with van der Waals surface area (Å²) < 4.78 is 0. The van der Waals surface area contributed by atoms with Crippen molar-refractivity contribution >= 4 is 23.1 Å². The normalized spacial score (nSPS) is 11.1. The number of hydrazone groups is 1. The lowest BCUT2D eigenvalue weighted by atomic mass is 10.9. The Bertz CT molecular complexity index is 114. The molecule has 0 aromatic rings. The molecule has 52 valence electrons. The number of nitrogens with one attached hydrogen (secondary N) is 1. The highest BCUT2D eigenvalue weighted by Gasteiger charge is 1.88. The molecule has 0 aromatic heterocycles. The van der Waals surface area contributed by atoms with E-state index in [4.69, 9.17) is 0 Å². The fraction of sp³-hybridized carbons (Fsp3) is 0.600. The second kappa shape index (κ2) is 5.62. The minimum Gasteiger partial charge on any atom is -0.312 e. The second-order valence-electron chi connectivity index (χ2n) is 1.33. The standard InChI is InChI=1S/C5H10N2OS/c1-5(7-6-2)9-4-3-8/h3,6H,4H2,1-2H3/b7-5-. The molecule has 0 aliphatic rings. The average molecular weight is 146 g/mol. The third kappa shape index (κ3) is 5.36. The number of carbonyl (C=O) groups excluding carboxylic acids is 1. The Morgan fingerprint density at radius 1 is 1.89 bits per heavy atom. The fourth-order valence-corrected chi connectivity index (χ4v) is 0.809. The van der Waals surface area contributed by atoms with Crippen molar-refractivity contribution in [1.82, 2.24) is 5.43 Å². The van der Waals surface area contributed by atoms with E-state index in [1.807, 2.05) is 6.92 Å². The molecule has 0 heterocycles. The SMILES string of the molecule is CN/N=C(/C)SCC=O. The van der Waals surface area contributed by atoms with Gasteiger partial charge in [-0.3, -0.25) is 0 Å². The molecule has 0 saturated carbocycles. The van der Waals surface area contributed by atoms with E-state index in [1.165, 1.54) is 11.8 Å². The van der Waals surface area contributed by atoms with Crippen LogP contribution in [-0.2, 0) is 4.79 Å². The predicted molar refractivity (Wildman–Crippen MR) is 40.7 cm³/mol. The molecule has 3 nitrogen and oxygen atoms in total. The molecule has 0 bridgehead atoms. The maximum absolute atomic E-state index is 9.82. The van der Waals surface area contributed by atoms with E-state index in [9.17, 15) is 4.79 Å². The first-order chi connectivity index (χ1) is 4.31. The summed E-state index contributed by atoms with van der Waals surface area (Å²) in [6, 6.07) is 0. The van der Waals surface area contributed by atoms with Gasteiger partial charge in [-0.1, -0.05) is 0 Å². The third-order valence-corrected chi connectivity index (χ3v) is 1.44. The molecule has 0 fully saturated rings. The number of aldehydes is 1. The summed E-state index contributed by atoms with van der Waals surface area (Å²) in [5.74, 6) is 0.483. The van der Waals surface area contributed by atoms with Gasteiger partial charge in [0.1, 0.15) is 6.29 Å². The number of hydrogen-bond donors (Lipinski definition) is 1. The van der Waals surface area contributed by atoms with Gasteiger partial charge < -0.3 is 10.2 Å². The number of hydrogen-bond acceptors (Lipinski definition) is 4. The molecule has 0 unspecified atom stereocenters. The smallest absolute Gasteiger partial charge is 0.130 e. The molecule has 0 rings (SSSR count). The first-order valence-corrected chi connectivity index (χ1v) is 3.57. The van der Waals surface area contributed by atoms with Gasteiger partial charge in [0.25, 0.3) is 0 Å². The van der Waals surface area contributed by atoms with Crippen LogP contribution in [0, 0.1) is 0 Å². The Kier molecular flexibility index (Phi) is 5.30. The molecular formula is C5H10N2OS. The first-order valence-electron chi connectivity index (χ1n) is 2.58. The maximum atomic E-state index is 9.82. The van der Waals surface area contributed by atoms with Crippen LogP contribution in [-0.4, -0.2) is 24.1 Å². The zero-order valence-corrected chi connectivity index (χ0v) is 6.36. The van der Waals surface area contributed by atoms with Gasteiger partial charge >= 0.3 is 0 Å². The summed E-state index contributed by atoms with van der Waals surface area (Å²) in [5.41, 5.74) is 2.63. The van der Waals surface area contributed by atoms with E-state index < -0.39 is 0 Å². The molecule has 0 aliphatic heterocycles. The van der Waals surface area contributed by atoms with Crippen molar-refractivity contribution in [1.29, 1.82) is 0 Å². The lowest BCUT2D eigenvalue weighted by Gasteiger charge is -1.93. The van der Waals surface area contributed by atoms with Crippen LogP contribution in [0.2, 0.25) is 0 Å². The van der Waals surface area contributed by atoms with Crippen LogP contribution < -0.4 is 5.43 Å². The van der Waals surface area contributed by atoms with E-state index in [2.05, 4.69) is 10.5 Å². The lowest BCUT2D eigenvalue weighted by Crippen LogP contribution is -1.98. The highest BCUT2D eigenvalue weighted by atomic mass is 32.2. The van der Waals surface area contributed by atoms with Crippen molar-refractivity contribution in [3.8, 4) is 0 Å². The Morgan fingerprint density at radius 2 is 2.56 bits per heavy atom. The van der Waals surface area contributed by atoms with E-state index in [0.717, 1.165) is 11.3 Å². The molecule has 0 amide bonds. The van der Waals surface area contributed by atoms with Crippen LogP contribution in [0.25, 0.3) is 0 Å². The van der Waals surface area contributed by atoms with Crippen molar-refractivity contribution in [3.05, 3.63) is 0 Å². The third-order valence-electron chi connectivity index (χ3n) is 0.630. The first kappa shape index (κ1) is 8.49.